The number of nitro benzene ring substituents is 1. The summed E-state index contributed by atoms with van der Waals surface area (Å²) in [5, 5.41) is 23.7. The van der Waals surface area contributed by atoms with E-state index in [1.54, 1.807) is 6.92 Å². The Bertz CT molecular complexity index is 655. The van der Waals surface area contributed by atoms with Crippen molar-refractivity contribution < 1.29 is 4.92 Å². The number of nitriles is 1. The lowest BCUT2D eigenvalue weighted by atomic mass is 10.3. The minimum Gasteiger partial charge on any atom is -0.258 e. The molecule has 0 unspecified atom stereocenters. The van der Waals surface area contributed by atoms with Gasteiger partial charge in [-0.15, -0.1) is 0 Å². The fraction of sp³-hybridized carbons (Fsp3) is 0.0909. The highest BCUT2D eigenvalue weighted by Crippen LogP contribution is 2.23. The molecule has 0 saturated heterocycles. The molecule has 1 heterocycles. The summed E-state index contributed by atoms with van der Waals surface area (Å²) >= 11 is 6.01. The number of rotatable bonds is 2. The van der Waals surface area contributed by atoms with E-state index in [1.165, 1.54) is 28.9 Å². The van der Waals surface area contributed by atoms with Crippen molar-refractivity contribution in [2.24, 2.45) is 0 Å². The smallest absolute Gasteiger partial charge is 0.258 e. The third kappa shape index (κ3) is 1.92. The minimum atomic E-state index is -0.486. The number of halogens is 1. The first-order valence-corrected chi connectivity index (χ1v) is 5.32. The summed E-state index contributed by atoms with van der Waals surface area (Å²) in [7, 11) is 0. The Morgan fingerprint density at radius 1 is 1.44 bits per heavy atom. The number of non-ortho nitro benzene ring substituents is 1. The summed E-state index contributed by atoms with van der Waals surface area (Å²) in [5.41, 5.74) is 1.37. The number of nitrogens with zero attached hydrogens (tertiary/aromatic N) is 4. The molecular formula is C11H7ClN4O2. The molecule has 90 valence electrons. The third-order valence-electron chi connectivity index (χ3n) is 2.42. The summed E-state index contributed by atoms with van der Waals surface area (Å²) in [4.78, 5) is 10.0. The molecular weight excluding hydrogens is 256 g/mol. The zero-order valence-electron chi connectivity index (χ0n) is 9.29. The second kappa shape index (κ2) is 4.47. The lowest BCUT2D eigenvalue weighted by Gasteiger charge is -2.02. The summed E-state index contributed by atoms with van der Waals surface area (Å²) < 4.78 is 1.37. The van der Waals surface area contributed by atoms with Crippen molar-refractivity contribution in [3.05, 3.63) is 50.8 Å². The lowest BCUT2D eigenvalue weighted by Crippen LogP contribution is -1.97. The number of benzene rings is 1. The van der Waals surface area contributed by atoms with Gasteiger partial charge in [0.05, 0.1) is 16.3 Å². The Hall–Kier alpha value is -2.39. The molecule has 0 radical (unpaired) electrons. The molecule has 0 N–H and O–H groups in total. The first-order valence-electron chi connectivity index (χ1n) is 4.94. The van der Waals surface area contributed by atoms with Crippen LogP contribution >= 0.6 is 11.6 Å². The van der Waals surface area contributed by atoms with Crippen molar-refractivity contribution in [2.75, 3.05) is 0 Å². The maximum atomic E-state index is 10.5. The van der Waals surface area contributed by atoms with Crippen molar-refractivity contribution in [1.29, 1.82) is 5.26 Å². The van der Waals surface area contributed by atoms with E-state index in [4.69, 9.17) is 16.9 Å². The van der Waals surface area contributed by atoms with Crippen LogP contribution in [0.2, 0.25) is 5.15 Å². The average Bonchev–Trinajstić information content (AvgIpc) is 2.64. The standard InChI is InChI=1S/C11H7ClN4O2/c1-7-10(6-13)11(12)15(14-7)8-2-4-9(5-3-8)16(17)18/h2-5H,1H3. The van der Waals surface area contributed by atoms with Gasteiger partial charge in [0.25, 0.3) is 5.69 Å². The second-order valence-electron chi connectivity index (χ2n) is 3.55. The Morgan fingerprint density at radius 3 is 2.50 bits per heavy atom. The van der Waals surface area contributed by atoms with Crippen LogP contribution in [-0.4, -0.2) is 14.7 Å². The van der Waals surface area contributed by atoms with Gasteiger partial charge in [-0.05, 0) is 19.1 Å². The van der Waals surface area contributed by atoms with Crippen LogP contribution in [0.4, 0.5) is 5.69 Å². The van der Waals surface area contributed by atoms with Crippen molar-refractivity contribution in [3.63, 3.8) is 0 Å². The van der Waals surface area contributed by atoms with E-state index in [-0.39, 0.29) is 10.8 Å². The van der Waals surface area contributed by atoms with E-state index in [0.29, 0.717) is 16.9 Å². The number of hydrogen-bond acceptors (Lipinski definition) is 4. The molecule has 0 aliphatic rings. The molecule has 1 aromatic heterocycles. The van der Waals surface area contributed by atoms with Gasteiger partial charge in [0.15, 0.2) is 5.15 Å². The van der Waals surface area contributed by atoms with Gasteiger partial charge in [-0.25, -0.2) is 4.68 Å². The topological polar surface area (TPSA) is 84.8 Å². The predicted octanol–water partition coefficient (Wildman–Crippen LogP) is 2.61. The first kappa shape index (κ1) is 12.1. The highest BCUT2D eigenvalue weighted by molar-refractivity contribution is 6.31. The quantitative estimate of drug-likeness (QED) is 0.615. The first-order chi connectivity index (χ1) is 8.54. The fourth-order valence-electron chi connectivity index (χ4n) is 1.51. The van der Waals surface area contributed by atoms with Gasteiger partial charge in [-0.3, -0.25) is 10.1 Å². The number of hydrogen-bond donors (Lipinski definition) is 0. The highest BCUT2D eigenvalue weighted by atomic mass is 35.5. The average molecular weight is 263 g/mol. The zero-order valence-corrected chi connectivity index (χ0v) is 10.0. The molecule has 2 rings (SSSR count). The Kier molecular flexibility index (Phi) is 3.00. The van der Waals surface area contributed by atoms with Gasteiger partial charge >= 0.3 is 0 Å². The van der Waals surface area contributed by atoms with Crippen molar-refractivity contribution >= 4 is 17.3 Å². The van der Waals surface area contributed by atoms with Gasteiger partial charge in [0.2, 0.25) is 0 Å². The molecule has 18 heavy (non-hydrogen) atoms. The van der Waals surface area contributed by atoms with Crippen LogP contribution in [0.5, 0.6) is 0 Å². The van der Waals surface area contributed by atoms with Crippen LogP contribution in [0, 0.1) is 28.4 Å². The van der Waals surface area contributed by atoms with Crippen molar-refractivity contribution in [1.82, 2.24) is 9.78 Å². The normalized spacial score (nSPS) is 10.1. The van der Waals surface area contributed by atoms with E-state index in [9.17, 15) is 10.1 Å². The van der Waals surface area contributed by atoms with Gasteiger partial charge in [0.1, 0.15) is 11.6 Å². The maximum absolute atomic E-state index is 10.5. The van der Waals surface area contributed by atoms with Crippen LogP contribution in [0.1, 0.15) is 11.3 Å². The summed E-state index contributed by atoms with van der Waals surface area (Å²) in [5.74, 6) is 0. The Labute approximate surface area is 107 Å². The molecule has 2 aromatic rings. The molecule has 6 nitrogen and oxygen atoms in total. The van der Waals surface area contributed by atoms with Crippen LogP contribution in [-0.2, 0) is 0 Å². The summed E-state index contributed by atoms with van der Waals surface area (Å²) in [6, 6.07) is 7.72. The third-order valence-corrected chi connectivity index (χ3v) is 2.77. The SMILES string of the molecule is Cc1nn(-c2ccc([N+](=O)[O-])cc2)c(Cl)c1C#N. The van der Waals surface area contributed by atoms with Crippen LogP contribution in [0.15, 0.2) is 24.3 Å². The van der Waals surface area contributed by atoms with E-state index < -0.39 is 4.92 Å². The molecule has 0 spiro atoms. The van der Waals surface area contributed by atoms with E-state index in [0.717, 1.165) is 0 Å². The predicted molar refractivity (Wildman–Crippen MR) is 64.7 cm³/mol. The summed E-state index contributed by atoms with van der Waals surface area (Å²) in [6.07, 6.45) is 0. The number of nitro groups is 1. The van der Waals surface area contributed by atoms with Gasteiger partial charge in [-0.1, -0.05) is 11.6 Å². The fourth-order valence-corrected chi connectivity index (χ4v) is 1.83. The molecule has 0 atom stereocenters. The second-order valence-corrected chi connectivity index (χ2v) is 3.91. The molecule has 0 fully saturated rings. The monoisotopic (exact) mass is 262 g/mol. The molecule has 7 heteroatoms. The largest absolute Gasteiger partial charge is 0.269 e. The summed E-state index contributed by atoms with van der Waals surface area (Å²) in [6.45, 7) is 1.67. The lowest BCUT2D eigenvalue weighted by molar-refractivity contribution is -0.384. The van der Waals surface area contributed by atoms with Crippen LogP contribution in [0.3, 0.4) is 0 Å². The van der Waals surface area contributed by atoms with Gasteiger partial charge < -0.3 is 0 Å². The van der Waals surface area contributed by atoms with Crippen molar-refractivity contribution in [2.45, 2.75) is 6.92 Å². The minimum absolute atomic E-state index is 0.0146. The molecule has 0 aliphatic carbocycles. The number of aromatic nitrogens is 2. The number of aryl methyl sites for hydroxylation is 1. The molecule has 0 bridgehead atoms. The molecule has 0 aliphatic heterocycles. The van der Waals surface area contributed by atoms with E-state index in [2.05, 4.69) is 5.10 Å². The molecule has 0 saturated carbocycles. The van der Waals surface area contributed by atoms with Gasteiger partial charge in [-0.2, -0.15) is 10.4 Å². The molecule has 0 amide bonds. The Morgan fingerprint density at radius 2 is 2.06 bits per heavy atom. The molecule has 1 aromatic carbocycles. The highest BCUT2D eigenvalue weighted by Gasteiger charge is 2.14. The maximum Gasteiger partial charge on any atom is 0.269 e. The van der Waals surface area contributed by atoms with Gasteiger partial charge in [0, 0.05) is 12.1 Å². The van der Waals surface area contributed by atoms with Crippen LogP contribution in [0.25, 0.3) is 5.69 Å². The zero-order chi connectivity index (χ0) is 13.3. The van der Waals surface area contributed by atoms with E-state index >= 15 is 0 Å². The van der Waals surface area contributed by atoms with E-state index in [1.807, 2.05) is 6.07 Å². The van der Waals surface area contributed by atoms with Crippen LogP contribution < -0.4 is 0 Å². The van der Waals surface area contributed by atoms with Crippen molar-refractivity contribution in [3.8, 4) is 11.8 Å². The Balaban J connectivity index is 2.50.